The van der Waals surface area contributed by atoms with Gasteiger partial charge >= 0.3 is 0 Å². The largest absolute Gasteiger partial charge is 0.384 e. The Bertz CT molecular complexity index is 507. The van der Waals surface area contributed by atoms with Crippen LogP contribution in [0.15, 0.2) is 0 Å². The Labute approximate surface area is 128 Å². The van der Waals surface area contributed by atoms with E-state index in [-0.39, 0.29) is 24.0 Å². The van der Waals surface area contributed by atoms with Crippen LogP contribution in [-0.2, 0) is 15.9 Å². The quantitative estimate of drug-likeness (QED) is 0.856. The van der Waals surface area contributed by atoms with Crippen LogP contribution in [0.5, 0.6) is 0 Å². The second-order valence-corrected chi connectivity index (χ2v) is 6.46. The first-order valence-electron chi connectivity index (χ1n) is 7.48. The lowest BCUT2D eigenvalue weighted by Gasteiger charge is -2.47. The molecule has 0 bridgehead atoms. The number of rotatable bonds is 6. The Morgan fingerprint density at radius 2 is 2.43 bits per heavy atom. The van der Waals surface area contributed by atoms with Gasteiger partial charge in [0.25, 0.3) is 5.91 Å². The fourth-order valence-electron chi connectivity index (χ4n) is 3.43. The van der Waals surface area contributed by atoms with E-state index in [0.29, 0.717) is 17.4 Å². The summed E-state index contributed by atoms with van der Waals surface area (Å²) < 4.78 is 14.9. The summed E-state index contributed by atoms with van der Waals surface area (Å²) in [7, 11) is 1.69. The van der Waals surface area contributed by atoms with Crippen LogP contribution in [0.25, 0.3) is 0 Å². The van der Waals surface area contributed by atoms with Crippen LogP contribution in [0, 0.1) is 11.8 Å². The van der Waals surface area contributed by atoms with Gasteiger partial charge in [0.05, 0.1) is 18.4 Å². The molecule has 2 fully saturated rings. The third kappa shape index (κ3) is 2.69. The molecule has 1 aliphatic carbocycles. The van der Waals surface area contributed by atoms with Crippen LogP contribution >= 0.6 is 11.5 Å². The van der Waals surface area contributed by atoms with Gasteiger partial charge in [0.1, 0.15) is 4.88 Å². The molecule has 7 heteroatoms. The minimum absolute atomic E-state index is 0.0510. The number of methoxy groups -OCH3 is 1. The summed E-state index contributed by atoms with van der Waals surface area (Å²) in [4.78, 5) is 13.1. The van der Waals surface area contributed by atoms with Gasteiger partial charge < -0.3 is 14.8 Å². The summed E-state index contributed by atoms with van der Waals surface area (Å²) in [6.45, 7) is 3.47. The van der Waals surface area contributed by atoms with Crippen LogP contribution in [0.1, 0.15) is 35.1 Å². The zero-order chi connectivity index (χ0) is 14.8. The van der Waals surface area contributed by atoms with Gasteiger partial charge in [0, 0.05) is 31.6 Å². The van der Waals surface area contributed by atoms with E-state index in [1.165, 1.54) is 11.5 Å². The molecule has 2 heterocycles. The number of aromatic nitrogens is 2. The van der Waals surface area contributed by atoms with Crippen molar-refractivity contribution in [1.82, 2.24) is 14.9 Å². The highest BCUT2D eigenvalue weighted by molar-refractivity contribution is 7.08. The molecule has 0 aromatic carbocycles. The fraction of sp³-hybridized carbons (Fsp3) is 0.786. The summed E-state index contributed by atoms with van der Waals surface area (Å²) in [5.41, 5.74) is 0.807. The number of carbonyl (C=O) groups is 1. The minimum Gasteiger partial charge on any atom is -0.384 e. The summed E-state index contributed by atoms with van der Waals surface area (Å²) in [6, 6.07) is 0.140. The molecule has 21 heavy (non-hydrogen) atoms. The van der Waals surface area contributed by atoms with Crippen LogP contribution in [0.4, 0.5) is 0 Å². The zero-order valence-corrected chi connectivity index (χ0v) is 13.2. The predicted octanol–water partition coefficient (Wildman–Crippen LogP) is 1.27. The van der Waals surface area contributed by atoms with Crippen molar-refractivity contribution in [3.63, 3.8) is 0 Å². The molecule has 116 valence electrons. The Hall–Kier alpha value is -1.05. The highest BCUT2D eigenvalue weighted by atomic mass is 32.1. The maximum Gasteiger partial charge on any atom is 0.265 e. The van der Waals surface area contributed by atoms with Gasteiger partial charge in [0.15, 0.2) is 0 Å². The van der Waals surface area contributed by atoms with Gasteiger partial charge in [-0.25, -0.2) is 0 Å². The Morgan fingerprint density at radius 3 is 3.19 bits per heavy atom. The van der Waals surface area contributed by atoms with E-state index >= 15 is 0 Å². The van der Waals surface area contributed by atoms with Gasteiger partial charge in [-0.05, 0) is 24.4 Å². The first-order chi connectivity index (χ1) is 10.3. The Balaban J connectivity index is 1.67. The summed E-state index contributed by atoms with van der Waals surface area (Å²) in [5, 5.41) is 7.21. The first-order valence-corrected chi connectivity index (χ1v) is 8.26. The van der Waals surface area contributed by atoms with Crippen molar-refractivity contribution in [2.45, 2.75) is 38.3 Å². The SMILES string of the molecule is CCCc1nnsc1C(=O)N[C@H]1[C@H]2CCO[C@H]2[C@H]1COC. The predicted molar refractivity (Wildman–Crippen MR) is 78.4 cm³/mol. The van der Waals surface area contributed by atoms with E-state index in [0.717, 1.165) is 31.6 Å². The maximum absolute atomic E-state index is 12.5. The van der Waals surface area contributed by atoms with Crippen molar-refractivity contribution >= 4 is 17.4 Å². The van der Waals surface area contributed by atoms with Gasteiger partial charge in [0.2, 0.25) is 0 Å². The fourth-order valence-corrected chi connectivity index (χ4v) is 4.04. The molecule has 1 saturated heterocycles. The molecule has 6 nitrogen and oxygen atoms in total. The van der Waals surface area contributed by atoms with Gasteiger partial charge in [-0.3, -0.25) is 4.79 Å². The van der Waals surface area contributed by atoms with Crippen molar-refractivity contribution in [1.29, 1.82) is 0 Å². The van der Waals surface area contributed by atoms with Gasteiger partial charge in [-0.1, -0.05) is 17.8 Å². The van der Waals surface area contributed by atoms with Crippen molar-refractivity contribution < 1.29 is 14.3 Å². The van der Waals surface area contributed by atoms with E-state index in [9.17, 15) is 4.79 Å². The molecule has 4 atom stereocenters. The molecule has 0 radical (unpaired) electrons. The molecule has 2 aliphatic rings. The number of nitrogens with zero attached hydrogens (tertiary/aromatic N) is 2. The molecule has 3 rings (SSSR count). The number of fused-ring (bicyclic) bond motifs is 1. The monoisotopic (exact) mass is 311 g/mol. The van der Waals surface area contributed by atoms with Gasteiger partial charge in [-0.15, -0.1) is 5.10 Å². The molecule has 1 N–H and O–H groups in total. The molecular formula is C14H21N3O3S. The van der Waals surface area contributed by atoms with E-state index in [2.05, 4.69) is 21.8 Å². The number of hydrogen-bond acceptors (Lipinski definition) is 6. The average Bonchev–Trinajstić information content (AvgIpc) is 3.09. The zero-order valence-electron chi connectivity index (χ0n) is 12.4. The molecular weight excluding hydrogens is 290 g/mol. The second kappa shape index (κ2) is 6.37. The number of amides is 1. The number of hydrogen-bond donors (Lipinski definition) is 1. The number of carbonyl (C=O) groups excluding carboxylic acids is 1. The van der Waals surface area contributed by atoms with Crippen LogP contribution in [-0.4, -0.2) is 48.0 Å². The Kier molecular flexibility index (Phi) is 4.51. The van der Waals surface area contributed by atoms with E-state index in [1.54, 1.807) is 7.11 Å². The van der Waals surface area contributed by atoms with Crippen molar-refractivity contribution in [2.75, 3.05) is 20.3 Å². The summed E-state index contributed by atoms with van der Waals surface area (Å²) >= 11 is 1.18. The van der Waals surface area contributed by atoms with Crippen molar-refractivity contribution in [3.05, 3.63) is 10.6 Å². The number of nitrogens with one attached hydrogen (secondary N) is 1. The molecule has 1 aromatic rings. The smallest absolute Gasteiger partial charge is 0.265 e. The molecule has 1 amide bonds. The highest BCUT2D eigenvalue weighted by Crippen LogP contribution is 2.43. The summed E-state index contributed by atoms with van der Waals surface area (Å²) in [5.74, 6) is 0.622. The normalized spacial score (nSPS) is 30.8. The number of aryl methyl sites for hydroxylation is 1. The van der Waals surface area contributed by atoms with Crippen LogP contribution < -0.4 is 5.32 Å². The lowest BCUT2D eigenvalue weighted by Crippen LogP contribution is -2.62. The van der Waals surface area contributed by atoms with E-state index < -0.39 is 0 Å². The molecule has 1 aromatic heterocycles. The van der Waals surface area contributed by atoms with E-state index in [4.69, 9.17) is 9.47 Å². The lowest BCUT2D eigenvalue weighted by molar-refractivity contribution is -0.0809. The minimum atomic E-state index is -0.0510. The van der Waals surface area contributed by atoms with E-state index in [1.807, 2.05) is 0 Å². The maximum atomic E-state index is 12.5. The molecule has 1 aliphatic heterocycles. The standard InChI is InChI=1S/C14H21N3O3S/c1-3-4-10-13(21-17-16-10)14(18)15-11-8-5-6-20-12(8)9(11)7-19-2/h8-9,11-12H,3-7H2,1-2H3,(H,15,18)/t8-,9+,11+,12-/m1/s1. The summed E-state index contributed by atoms with van der Waals surface area (Å²) in [6.07, 6.45) is 3.00. The number of ether oxygens (including phenoxy) is 2. The first kappa shape index (κ1) is 14.9. The lowest BCUT2D eigenvalue weighted by atomic mass is 9.67. The van der Waals surface area contributed by atoms with Crippen LogP contribution in [0.2, 0.25) is 0 Å². The Morgan fingerprint density at radius 1 is 1.57 bits per heavy atom. The topological polar surface area (TPSA) is 73.3 Å². The van der Waals surface area contributed by atoms with Crippen LogP contribution in [0.3, 0.4) is 0 Å². The van der Waals surface area contributed by atoms with Gasteiger partial charge in [-0.2, -0.15) is 0 Å². The second-order valence-electron chi connectivity index (χ2n) is 5.71. The van der Waals surface area contributed by atoms with Crippen molar-refractivity contribution in [2.24, 2.45) is 11.8 Å². The third-order valence-corrected chi connectivity index (χ3v) is 5.20. The third-order valence-electron chi connectivity index (χ3n) is 4.43. The highest BCUT2D eigenvalue weighted by Gasteiger charge is 2.54. The molecule has 1 saturated carbocycles. The van der Waals surface area contributed by atoms with Crippen molar-refractivity contribution in [3.8, 4) is 0 Å². The molecule has 0 spiro atoms. The molecule has 0 unspecified atom stereocenters. The average molecular weight is 311 g/mol.